The molecule has 1 unspecified atom stereocenters. The van der Waals surface area contributed by atoms with Gasteiger partial charge in [0.05, 0.1) is 13.2 Å². The summed E-state index contributed by atoms with van der Waals surface area (Å²) >= 11 is 1.86. The van der Waals surface area contributed by atoms with Crippen molar-refractivity contribution in [3.63, 3.8) is 0 Å². The zero-order valence-corrected chi connectivity index (χ0v) is 17.3. The number of hydrogen-bond donors (Lipinski definition) is 2. The molecule has 0 radical (unpaired) electrons. The summed E-state index contributed by atoms with van der Waals surface area (Å²) in [6.45, 7) is 8.67. The van der Waals surface area contributed by atoms with Gasteiger partial charge in [0.25, 0.3) is 0 Å². The Labute approximate surface area is 166 Å². The second kappa shape index (κ2) is 9.76. The van der Waals surface area contributed by atoms with Crippen molar-refractivity contribution < 1.29 is 4.74 Å². The molecule has 5 nitrogen and oxygen atoms in total. The molecule has 1 aromatic carbocycles. The molecule has 1 atom stereocenters. The average Bonchev–Trinajstić information content (AvgIpc) is 3.10. The molecular formula is C21H30N4OS. The lowest BCUT2D eigenvalue weighted by molar-refractivity contribution is 0.122. The van der Waals surface area contributed by atoms with Crippen LogP contribution in [-0.2, 0) is 17.7 Å². The van der Waals surface area contributed by atoms with Gasteiger partial charge in [0.15, 0.2) is 5.96 Å². The number of nitrogens with one attached hydrogen (secondary N) is 2. The highest BCUT2D eigenvalue weighted by atomic mass is 32.1. The summed E-state index contributed by atoms with van der Waals surface area (Å²) < 4.78 is 5.42. The van der Waals surface area contributed by atoms with Gasteiger partial charge in [-0.1, -0.05) is 12.1 Å². The lowest BCUT2D eigenvalue weighted by Gasteiger charge is -2.29. The highest BCUT2D eigenvalue weighted by Gasteiger charge is 2.11. The molecule has 146 valence electrons. The highest BCUT2D eigenvalue weighted by Crippen LogP contribution is 2.17. The summed E-state index contributed by atoms with van der Waals surface area (Å²) in [4.78, 5) is 9.49. The van der Waals surface area contributed by atoms with Crippen molar-refractivity contribution in [2.24, 2.45) is 4.99 Å². The van der Waals surface area contributed by atoms with Crippen LogP contribution in [0.25, 0.3) is 0 Å². The maximum absolute atomic E-state index is 5.42. The summed E-state index contributed by atoms with van der Waals surface area (Å²) in [6, 6.07) is 13.5. The number of aryl methyl sites for hydroxylation is 1. The van der Waals surface area contributed by atoms with Crippen LogP contribution in [-0.4, -0.2) is 45.4 Å². The number of benzene rings is 1. The fraction of sp³-hybridized carbons (Fsp3) is 0.476. The van der Waals surface area contributed by atoms with Crippen molar-refractivity contribution in [1.82, 2.24) is 10.6 Å². The summed E-state index contributed by atoms with van der Waals surface area (Å²) in [5.41, 5.74) is 2.51. The van der Waals surface area contributed by atoms with Crippen LogP contribution < -0.4 is 15.5 Å². The van der Waals surface area contributed by atoms with Gasteiger partial charge in [-0.3, -0.25) is 4.99 Å². The SMILES string of the molecule is CN=C(NCc1ccc(N2CCOCC2)cc1)NC(C)Cc1ccc(C)s1. The third kappa shape index (κ3) is 5.97. The van der Waals surface area contributed by atoms with Crippen molar-refractivity contribution in [2.75, 3.05) is 38.3 Å². The minimum absolute atomic E-state index is 0.331. The van der Waals surface area contributed by atoms with Gasteiger partial charge in [-0.05, 0) is 43.7 Å². The molecule has 0 aliphatic carbocycles. The zero-order chi connectivity index (χ0) is 19.1. The third-order valence-electron chi connectivity index (χ3n) is 4.68. The molecule has 0 saturated carbocycles. The predicted octanol–water partition coefficient (Wildman–Crippen LogP) is 3.19. The number of thiophene rings is 1. The van der Waals surface area contributed by atoms with Crippen LogP contribution in [0.3, 0.4) is 0 Å². The molecule has 0 bridgehead atoms. The number of anilines is 1. The van der Waals surface area contributed by atoms with E-state index in [2.05, 4.69) is 70.8 Å². The highest BCUT2D eigenvalue weighted by molar-refractivity contribution is 7.11. The van der Waals surface area contributed by atoms with E-state index in [1.54, 1.807) is 0 Å². The summed E-state index contributed by atoms with van der Waals surface area (Å²) in [5.74, 6) is 0.841. The predicted molar refractivity (Wildman–Crippen MR) is 115 cm³/mol. The minimum atomic E-state index is 0.331. The van der Waals surface area contributed by atoms with Crippen LogP contribution in [0.4, 0.5) is 5.69 Å². The van der Waals surface area contributed by atoms with Gasteiger partial charge in [0, 0.05) is 54.6 Å². The van der Waals surface area contributed by atoms with E-state index in [1.165, 1.54) is 21.0 Å². The quantitative estimate of drug-likeness (QED) is 0.591. The Hall–Kier alpha value is -2.05. The maximum atomic E-state index is 5.42. The number of guanidine groups is 1. The molecule has 1 fully saturated rings. The first-order chi connectivity index (χ1) is 13.1. The average molecular weight is 387 g/mol. The first-order valence-electron chi connectivity index (χ1n) is 9.58. The standard InChI is InChI=1S/C21H30N4OS/c1-16(14-20-9-4-17(2)27-20)24-21(22-3)23-15-18-5-7-19(8-6-18)25-10-12-26-13-11-25/h4-9,16H,10-15H2,1-3H3,(H2,22,23,24). The van der Waals surface area contributed by atoms with Crippen LogP contribution in [0.15, 0.2) is 41.4 Å². The van der Waals surface area contributed by atoms with E-state index < -0.39 is 0 Å². The first-order valence-corrected chi connectivity index (χ1v) is 10.4. The Kier molecular flexibility index (Phi) is 7.12. The molecule has 0 amide bonds. The van der Waals surface area contributed by atoms with E-state index >= 15 is 0 Å². The van der Waals surface area contributed by atoms with Crippen LogP contribution in [0.1, 0.15) is 22.2 Å². The van der Waals surface area contributed by atoms with Crippen molar-refractivity contribution >= 4 is 23.0 Å². The van der Waals surface area contributed by atoms with E-state index in [1.807, 2.05) is 18.4 Å². The van der Waals surface area contributed by atoms with E-state index in [0.29, 0.717) is 6.04 Å². The molecular weight excluding hydrogens is 356 g/mol. The normalized spacial score (nSPS) is 16.3. The Morgan fingerprint density at radius 1 is 1.19 bits per heavy atom. The molecule has 2 heterocycles. The van der Waals surface area contributed by atoms with Crippen LogP contribution in [0.2, 0.25) is 0 Å². The Morgan fingerprint density at radius 2 is 1.93 bits per heavy atom. The lowest BCUT2D eigenvalue weighted by Crippen LogP contribution is -2.42. The molecule has 1 saturated heterocycles. The van der Waals surface area contributed by atoms with E-state index in [-0.39, 0.29) is 0 Å². The first kappa shape index (κ1) is 19.7. The molecule has 2 aromatic rings. The lowest BCUT2D eigenvalue weighted by atomic mass is 10.2. The molecule has 0 spiro atoms. The van der Waals surface area contributed by atoms with Crippen LogP contribution in [0, 0.1) is 6.92 Å². The van der Waals surface area contributed by atoms with Crippen LogP contribution in [0.5, 0.6) is 0 Å². The minimum Gasteiger partial charge on any atom is -0.378 e. The molecule has 27 heavy (non-hydrogen) atoms. The van der Waals surface area contributed by atoms with E-state index in [9.17, 15) is 0 Å². The molecule has 1 aromatic heterocycles. The summed E-state index contributed by atoms with van der Waals surface area (Å²) in [5, 5.41) is 6.90. The second-order valence-electron chi connectivity index (χ2n) is 6.95. The van der Waals surface area contributed by atoms with Gasteiger partial charge in [-0.25, -0.2) is 0 Å². The Morgan fingerprint density at radius 3 is 2.56 bits per heavy atom. The van der Waals surface area contributed by atoms with Crippen molar-refractivity contribution in [3.05, 3.63) is 51.7 Å². The van der Waals surface area contributed by atoms with Gasteiger partial charge in [-0.2, -0.15) is 0 Å². The topological polar surface area (TPSA) is 48.9 Å². The van der Waals surface area contributed by atoms with Gasteiger partial charge in [0.1, 0.15) is 0 Å². The molecule has 1 aliphatic heterocycles. The van der Waals surface area contributed by atoms with Gasteiger partial charge in [0.2, 0.25) is 0 Å². The number of ether oxygens (including phenoxy) is 1. The van der Waals surface area contributed by atoms with Crippen molar-refractivity contribution in [1.29, 1.82) is 0 Å². The smallest absolute Gasteiger partial charge is 0.191 e. The molecule has 3 rings (SSSR count). The van der Waals surface area contributed by atoms with Crippen molar-refractivity contribution in [3.8, 4) is 0 Å². The van der Waals surface area contributed by atoms with E-state index in [4.69, 9.17) is 4.74 Å². The second-order valence-corrected chi connectivity index (χ2v) is 8.33. The van der Waals surface area contributed by atoms with E-state index in [0.717, 1.165) is 45.2 Å². The fourth-order valence-electron chi connectivity index (χ4n) is 3.21. The Balaban J connectivity index is 1.47. The summed E-state index contributed by atoms with van der Waals surface area (Å²) in [7, 11) is 1.82. The molecule has 2 N–H and O–H groups in total. The third-order valence-corrected chi connectivity index (χ3v) is 5.71. The number of rotatable bonds is 6. The Bertz CT molecular complexity index is 735. The monoisotopic (exact) mass is 386 g/mol. The zero-order valence-electron chi connectivity index (χ0n) is 16.5. The van der Waals surface area contributed by atoms with Gasteiger partial charge < -0.3 is 20.3 Å². The van der Waals surface area contributed by atoms with Crippen molar-refractivity contribution in [2.45, 2.75) is 32.9 Å². The molecule has 1 aliphatic rings. The van der Waals surface area contributed by atoms with Gasteiger partial charge >= 0.3 is 0 Å². The summed E-state index contributed by atoms with van der Waals surface area (Å²) in [6.07, 6.45) is 1.01. The van der Waals surface area contributed by atoms with Crippen LogP contribution >= 0.6 is 11.3 Å². The number of morpholine rings is 1. The molecule has 6 heteroatoms. The number of aliphatic imine (C=N–C) groups is 1. The fourth-order valence-corrected chi connectivity index (χ4v) is 4.23. The number of hydrogen-bond acceptors (Lipinski definition) is 4. The maximum Gasteiger partial charge on any atom is 0.191 e. The van der Waals surface area contributed by atoms with Gasteiger partial charge in [-0.15, -0.1) is 11.3 Å². The largest absolute Gasteiger partial charge is 0.378 e. The number of nitrogens with zero attached hydrogens (tertiary/aromatic N) is 2.